The molecule has 1 aliphatic heterocycles. The molecule has 2 atom stereocenters. The molecular formula is C14H22N2. The van der Waals surface area contributed by atoms with Crippen LogP contribution in [0, 0.1) is 0 Å². The summed E-state index contributed by atoms with van der Waals surface area (Å²) in [5.74, 6) is 0. The number of hydrogen-bond donors (Lipinski definition) is 1. The molecule has 0 aliphatic carbocycles. The van der Waals surface area contributed by atoms with Gasteiger partial charge < -0.3 is 5.32 Å². The van der Waals surface area contributed by atoms with Crippen LogP contribution in [0.3, 0.4) is 0 Å². The lowest BCUT2D eigenvalue weighted by molar-refractivity contribution is 0.163. The Bertz CT molecular complexity index is 304. The van der Waals surface area contributed by atoms with Crippen molar-refractivity contribution in [2.24, 2.45) is 0 Å². The summed E-state index contributed by atoms with van der Waals surface area (Å²) in [6.07, 6.45) is 1.28. The van der Waals surface area contributed by atoms with E-state index in [-0.39, 0.29) is 0 Å². The highest BCUT2D eigenvalue weighted by atomic mass is 15.2. The van der Waals surface area contributed by atoms with Crippen molar-refractivity contribution in [3.63, 3.8) is 0 Å². The molecule has 1 aromatic rings. The Balaban J connectivity index is 2.08. The molecule has 0 radical (unpaired) electrons. The van der Waals surface area contributed by atoms with E-state index in [1.807, 2.05) is 0 Å². The molecule has 1 fully saturated rings. The summed E-state index contributed by atoms with van der Waals surface area (Å²) < 4.78 is 0. The van der Waals surface area contributed by atoms with E-state index in [2.05, 4.69) is 54.4 Å². The number of hydrogen-bond acceptors (Lipinski definition) is 2. The molecule has 0 saturated carbocycles. The van der Waals surface area contributed by atoms with Gasteiger partial charge in [0.2, 0.25) is 0 Å². The third-order valence-corrected chi connectivity index (χ3v) is 3.65. The molecule has 0 aromatic heterocycles. The van der Waals surface area contributed by atoms with Crippen LogP contribution in [-0.2, 0) is 0 Å². The van der Waals surface area contributed by atoms with Crippen LogP contribution >= 0.6 is 0 Å². The minimum Gasteiger partial charge on any atom is -0.315 e. The lowest BCUT2D eigenvalue weighted by Crippen LogP contribution is -2.38. The maximum absolute atomic E-state index is 3.45. The second-order valence-electron chi connectivity index (χ2n) is 4.56. The predicted octanol–water partition coefficient (Wildman–Crippen LogP) is 2.43. The van der Waals surface area contributed by atoms with Crippen LogP contribution in [0.4, 0.5) is 0 Å². The van der Waals surface area contributed by atoms with E-state index in [4.69, 9.17) is 0 Å². The molecular weight excluding hydrogens is 196 g/mol. The van der Waals surface area contributed by atoms with Gasteiger partial charge in [0, 0.05) is 18.6 Å². The van der Waals surface area contributed by atoms with Gasteiger partial charge in [0.25, 0.3) is 0 Å². The fraction of sp³-hybridized carbons (Fsp3) is 0.571. The molecule has 0 amide bonds. The molecule has 2 heteroatoms. The monoisotopic (exact) mass is 218 g/mol. The van der Waals surface area contributed by atoms with Crippen LogP contribution in [0.1, 0.15) is 31.9 Å². The highest BCUT2D eigenvalue weighted by molar-refractivity contribution is 5.18. The summed E-state index contributed by atoms with van der Waals surface area (Å²) >= 11 is 0. The van der Waals surface area contributed by atoms with Crippen molar-refractivity contribution in [3.8, 4) is 0 Å². The number of rotatable bonds is 4. The standard InChI is InChI=1S/C14H22N2/c1-3-16(14-9-10-15-11-14)12(2)13-7-5-4-6-8-13/h4-8,12,14-15H,3,9-11H2,1-2H3. The molecule has 0 spiro atoms. The molecule has 1 aliphatic rings. The zero-order chi connectivity index (χ0) is 11.4. The van der Waals surface area contributed by atoms with Gasteiger partial charge in [-0.05, 0) is 32.0 Å². The van der Waals surface area contributed by atoms with Crippen LogP contribution in [0.2, 0.25) is 0 Å². The third-order valence-electron chi connectivity index (χ3n) is 3.65. The minimum absolute atomic E-state index is 0.524. The van der Waals surface area contributed by atoms with E-state index in [9.17, 15) is 0 Å². The van der Waals surface area contributed by atoms with E-state index in [0.29, 0.717) is 12.1 Å². The molecule has 1 aromatic carbocycles. The van der Waals surface area contributed by atoms with Crippen molar-refractivity contribution in [3.05, 3.63) is 35.9 Å². The fourth-order valence-corrected chi connectivity index (χ4v) is 2.69. The van der Waals surface area contributed by atoms with Crippen LogP contribution in [0.25, 0.3) is 0 Å². The van der Waals surface area contributed by atoms with Crippen LogP contribution < -0.4 is 5.32 Å². The molecule has 1 saturated heterocycles. The normalized spacial score (nSPS) is 22.6. The highest BCUT2D eigenvalue weighted by Gasteiger charge is 2.25. The van der Waals surface area contributed by atoms with E-state index >= 15 is 0 Å². The van der Waals surface area contributed by atoms with Gasteiger partial charge in [0.05, 0.1) is 0 Å². The third kappa shape index (κ3) is 2.45. The molecule has 2 unspecified atom stereocenters. The molecule has 2 nitrogen and oxygen atoms in total. The first kappa shape index (κ1) is 11.6. The molecule has 1 N–H and O–H groups in total. The smallest absolute Gasteiger partial charge is 0.0323 e. The Morgan fingerprint density at radius 1 is 1.38 bits per heavy atom. The summed E-state index contributed by atoms with van der Waals surface area (Å²) in [6.45, 7) is 8.02. The van der Waals surface area contributed by atoms with Crippen molar-refractivity contribution in [1.82, 2.24) is 10.2 Å². The van der Waals surface area contributed by atoms with Gasteiger partial charge in [0.1, 0.15) is 0 Å². The van der Waals surface area contributed by atoms with Gasteiger partial charge in [-0.25, -0.2) is 0 Å². The first-order valence-corrected chi connectivity index (χ1v) is 6.34. The SMILES string of the molecule is CCN(C1CCNC1)C(C)c1ccccc1. The van der Waals surface area contributed by atoms with E-state index < -0.39 is 0 Å². The predicted molar refractivity (Wildman–Crippen MR) is 68.5 cm³/mol. The zero-order valence-corrected chi connectivity index (χ0v) is 10.3. The number of benzene rings is 1. The average Bonchev–Trinajstić information content (AvgIpc) is 2.85. The largest absolute Gasteiger partial charge is 0.315 e. The van der Waals surface area contributed by atoms with Gasteiger partial charge in [-0.2, -0.15) is 0 Å². The molecule has 1 heterocycles. The Kier molecular flexibility index (Phi) is 3.97. The number of nitrogens with zero attached hydrogens (tertiary/aromatic N) is 1. The van der Waals surface area contributed by atoms with Crippen molar-refractivity contribution in [2.75, 3.05) is 19.6 Å². The first-order chi connectivity index (χ1) is 7.83. The van der Waals surface area contributed by atoms with Crippen molar-refractivity contribution in [1.29, 1.82) is 0 Å². The van der Waals surface area contributed by atoms with Gasteiger partial charge >= 0.3 is 0 Å². The van der Waals surface area contributed by atoms with Crippen molar-refractivity contribution in [2.45, 2.75) is 32.4 Å². The lowest BCUT2D eigenvalue weighted by atomic mass is 10.0. The molecule has 2 rings (SSSR count). The first-order valence-electron chi connectivity index (χ1n) is 6.34. The van der Waals surface area contributed by atoms with Gasteiger partial charge in [0.15, 0.2) is 0 Å². The van der Waals surface area contributed by atoms with Crippen LogP contribution in [0.15, 0.2) is 30.3 Å². The topological polar surface area (TPSA) is 15.3 Å². The van der Waals surface area contributed by atoms with Gasteiger partial charge in [-0.15, -0.1) is 0 Å². The van der Waals surface area contributed by atoms with E-state index in [1.165, 1.54) is 18.5 Å². The maximum Gasteiger partial charge on any atom is 0.0323 e. The van der Waals surface area contributed by atoms with Crippen molar-refractivity contribution < 1.29 is 0 Å². The molecule has 88 valence electrons. The van der Waals surface area contributed by atoms with E-state index in [1.54, 1.807) is 0 Å². The highest BCUT2D eigenvalue weighted by Crippen LogP contribution is 2.24. The average molecular weight is 218 g/mol. The number of nitrogens with one attached hydrogen (secondary N) is 1. The second-order valence-corrected chi connectivity index (χ2v) is 4.56. The second kappa shape index (κ2) is 5.46. The summed E-state index contributed by atoms with van der Waals surface area (Å²) in [7, 11) is 0. The van der Waals surface area contributed by atoms with Crippen LogP contribution in [-0.4, -0.2) is 30.6 Å². The van der Waals surface area contributed by atoms with Gasteiger partial charge in [-0.3, -0.25) is 4.90 Å². The Morgan fingerprint density at radius 2 is 2.12 bits per heavy atom. The van der Waals surface area contributed by atoms with Crippen molar-refractivity contribution >= 4 is 0 Å². The summed E-state index contributed by atoms with van der Waals surface area (Å²) in [5.41, 5.74) is 1.43. The Labute approximate surface area is 98.7 Å². The molecule has 16 heavy (non-hydrogen) atoms. The van der Waals surface area contributed by atoms with Crippen LogP contribution in [0.5, 0.6) is 0 Å². The lowest BCUT2D eigenvalue weighted by Gasteiger charge is -2.33. The summed E-state index contributed by atoms with van der Waals surface area (Å²) in [6, 6.07) is 12.0. The summed E-state index contributed by atoms with van der Waals surface area (Å²) in [4.78, 5) is 2.61. The van der Waals surface area contributed by atoms with Gasteiger partial charge in [-0.1, -0.05) is 37.3 Å². The zero-order valence-electron chi connectivity index (χ0n) is 10.3. The number of likely N-dealkylation sites (N-methyl/N-ethyl adjacent to an activating group) is 1. The fourth-order valence-electron chi connectivity index (χ4n) is 2.69. The molecule has 0 bridgehead atoms. The van der Waals surface area contributed by atoms with E-state index in [0.717, 1.165) is 13.1 Å². The quantitative estimate of drug-likeness (QED) is 0.835. The Hall–Kier alpha value is -0.860. The maximum atomic E-state index is 3.45. The summed E-state index contributed by atoms with van der Waals surface area (Å²) in [5, 5.41) is 3.45. The minimum atomic E-state index is 0.524. The Morgan fingerprint density at radius 3 is 2.69 bits per heavy atom.